The molecule has 1 spiro atoms. The van der Waals surface area contributed by atoms with Crippen LogP contribution in [0.2, 0.25) is 0 Å². The summed E-state index contributed by atoms with van der Waals surface area (Å²) in [6.45, 7) is 1.96. The number of halogens is 1. The zero-order chi connectivity index (χ0) is 11.3. The van der Waals surface area contributed by atoms with Gasteiger partial charge in [-0.05, 0) is 31.0 Å². The Hall–Kier alpha value is -0.740. The molecular weight excluding hydrogens is 270 g/mol. The SMILES string of the molecule is CC(N)c1cc2c(cc1Br)OC1(CCC1)O2. The van der Waals surface area contributed by atoms with Gasteiger partial charge in [0, 0.05) is 23.4 Å². The van der Waals surface area contributed by atoms with E-state index in [4.69, 9.17) is 15.2 Å². The Kier molecular flexibility index (Phi) is 2.20. The van der Waals surface area contributed by atoms with Crippen LogP contribution >= 0.6 is 15.9 Å². The van der Waals surface area contributed by atoms with E-state index in [0.717, 1.165) is 34.4 Å². The molecule has 1 fully saturated rings. The molecule has 1 heterocycles. The quantitative estimate of drug-likeness (QED) is 0.861. The fourth-order valence-electron chi connectivity index (χ4n) is 2.15. The van der Waals surface area contributed by atoms with Gasteiger partial charge in [0.15, 0.2) is 11.5 Å². The van der Waals surface area contributed by atoms with Crippen molar-refractivity contribution in [3.63, 3.8) is 0 Å². The molecule has 16 heavy (non-hydrogen) atoms. The van der Waals surface area contributed by atoms with Gasteiger partial charge in [-0.3, -0.25) is 0 Å². The fourth-order valence-corrected chi connectivity index (χ4v) is 2.83. The molecule has 0 radical (unpaired) electrons. The van der Waals surface area contributed by atoms with Crippen molar-refractivity contribution in [3.05, 3.63) is 22.2 Å². The Bertz CT molecular complexity index is 441. The Morgan fingerprint density at radius 1 is 1.31 bits per heavy atom. The third kappa shape index (κ3) is 1.44. The van der Waals surface area contributed by atoms with Gasteiger partial charge < -0.3 is 15.2 Å². The third-order valence-corrected chi connectivity index (χ3v) is 3.95. The Labute approximate surface area is 103 Å². The van der Waals surface area contributed by atoms with Crippen LogP contribution in [0.5, 0.6) is 11.5 Å². The van der Waals surface area contributed by atoms with Crippen LogP contribution in [0.3, 0.4) is 0 Å². The summed E-state index contributed by atoms with van der Waals surface area (Å²) in [6, 6.07) is 3.93. The average molecular weight is 284 g/mol. The Balaban J connectivity index is 1.99. The lowest BCUT2D eigenvalue weighted by atomic mass is 9.91. The van der Waals surface area contributed by atoms with Crippen LogP contribution in [0.25, 0.3) is 0 Å². The van der Waals surface area contributed by atoms with Gasteiger partial charge in [-0.15, -0.1) is 0 Å². The highest BCUT2D eigenvalue weighted by molar-refractivity contribution is 9.10. The van der Waals surface area contributed by atoms with Crippen LogP contribution in [0.4, 0.5) is 0 Å². The van der Waals surface area contributed by atoms with Crippen LogP contribution in [0, 0.1) is 0 Å². The van der Waals surface area contributed by atoms with Crippen molar-refractivity contribution >= 4 is 15.9 Å². The second-order valence-corrected chi connectivity index (χ2v) is 5.43. The monoisotopic (exact) mass is 283 g/mol. The largest absolute Gasteiger partial charge is 0.448 e. The molecule has 1 aliphatic carbocycles. The molecule has 1 aromatic carbocycles. The summed E-state index contributed by atoms with van der Waals surface area (Å²) in [7, 11) is 0. The number of benzene rings is 1. The first kappa shape index (κ1) is 10.4. The first-order valence-corrected chi connectivity index (χ1v) is 6.36. The van der Waals surface area contributed by atoms with E-state index < -0.39 is 0 Å². The highest BCUT2D eigenvalue weighted by Crippen LogP contribution is 2.50. The predicted octanol–water partition coefficient (Wildman–Crippen LogP) is 3.12. The molecule has 0 aromatic heterocycles. The summed E-state index contributed by atoms with van der Waals surface area (Å²) < 4.78 is 12.7. The van der Waals surface area contributed by atoms with E-state index in [0.29, 0.717) is 0 Å². The van der Waals surface area contributed by atoms with E-state index in [-0.39, 0.29) is 11.8 Å². The summed E-state index contributed by atoms with van der Waals surface area (Å²) in [5, 5.41) is 0. The summed E-state index contributed by atoms with van der Waals surface area (Å²) in [5.41, 5.74) is 6.95. The van der Waals surface area contributed by atoms with Gasteiger partial charge in [0.1, 0.15) is 0 Å². The van der Waals surface area contributed by atoms with Crippen LogP contribution < -0.4 is 15.2 Å². The number of nitrogens with two attached hydrogens (primary N) is 1. The summed E-state index contributed by atoms with van der Waals surface area (Å²) in [6.07, 6.45) is 3.13. The topological polar surface area (TPSA) is 44.5 Å². The van der Waals surface area contributed by atoms with Crippen molar-refractivity contribution < 1.29 is 9.47 Å². The van der Waals surface area contributed by atoms with Crippen LogP contribution in [-0.2, 0) is 0 Å². The van der Waals surface area contributed by atoms with E-state index in [1.165, 1.54) is 6.42 Å². The van der Waals surface area contributed by atoms with Gasteiger partial charge in [0.2, 0.25) is 0 Å². The van der Waals surface area contributed by atoms with Crippen molar-refractivity contribution in [1.29, 1.82) is 0 Å². The molecule has 3 rings (SSSR count). The summed E-state index contributed by atoms with van der Waals surface area (Å²) in [4.78, 5) is 0. The number of hydrogen-bond acceptors (Lipinski definition) is 3. The molecule has 1 atom stereocenters. The molecule has 0 bridgehead atoms. The number of hydrogen-bond donors (Lipinski definition) is 1. The summed E-state index contributed by atoms with van der Waals surface area (Å²) in [5.74, 6) is 1.30. The molecule has 3 nitrogen and oxygen atoms in total. The smallest absolute Gasteiger partial charge is 0.251 e. The van der Waals surface area contributed by atoms with Crippen molar-refractivity contribution in [2.24, 2.45) is 5.73 Å². The van der Waals surface area contributed by atoms with E-state index in [1.54, 1.807) is 0 Å². The van der Waals surface area contributed by atoms with E-state index in [1.807, 2.05) is 19.1 Å². The third-order valence-electron chi connectivity index (χ3n) is 3.26. The Morgan fingerprint density at radius 3 is 2.44 bits per heavy atom. The minimum Gasteiger partial charge on any atom is -0.448 e. The van der Waals surface area contributed by atoms with Crippen LogP contribution in [0.15, 0.2) is 16.6 Å². The lowest BCUT2D eigenvalue weighted by molar-refractivity contribution is -0.138. The maximum absolute atomic E-state index is 5.90. The molecule has 1 aromatic rings. The predicted molar refractivity (Wildman–Crippen MR) is 64.6 cm³/mol. The number of fused-ring (bicyclic) bond motifs is 1. The second-order valence-electron chi connectivity index (χ2n) is 4.58. The van der Waals surface area contributed by atoms with E-state index in [2.05, 4.69) is 15.9 Å². The van der Waals surface area contributed by atoms with Crippen LogP contribution in [0.1, 0.15) is 37.8 Å². The summed E-state index contributed by atoms with van der Waals surface area (Å²) >= 11 is 3.51. The molecule has 1 aliphatic heterocycles. The van der Waals surface area contributed by atoms with Gasteiger partial charge in [0.25, 0.3) is 5.79 Å². The highest BCUT2D eigenvalue weighted by atomic mass is 79.9. The molecular formula is C12H14BrNO2. The van der Waals surface area contributed by atoms with E-state index >= 15 is 0 Å². The first-order valence-electron chi connectivity index (χ1n) is 5.57. The average Bonchev–Trinajstić information content (AvgIpc) is 2.54. The molecule has 2 N–H and O–H groups in total. The standard InChI is InChI=1S/C12H14BrNO2/c1-7(14)8-5-10-11(6-9(8)13)16-12(15-10)3-2-4-12/h5-7H,2-4,14H2,1H3. The minimum absolute atomic E-state index is 0.0128. The Morgan fingerprint density at radius 2 is 1.94 bits per heavy atom. The van der Waals surface area contributed by atoms with Crippen molar-refractivity contribution in [2.75, 3.05) is 0 Å². The number of ether oxygens (including phenoxy) is 2. The molecule has 1 unspecified atom stereocenters. The van der Waals surface area contributed by atoms with Gasteiger partial charge in [-0.2, -0.15) is 0 Å². The molecule has 2 aliphatic rings. The molecule has 4 heteroatoms. The number of rotatable bonds is 1. The zero-order valence-corrected chi connectivity index (χ0v) is 10.7. The van der Waals surface area contributed by atoms with Crippen molar-refractivity contribution in [1.82, 2.24) is 0 Å². The molecule has 0 saturated heterocycles. The lowest BCUT2D eigenvalue weighted by Crippen LogP contribution is -2.45. The maximum atomic E-state index is 5.90. The van der Waals surface area contributed by atoms with Gasteiger partial charge >= 0.3 is 0 Å². The van der Waals surface area contributed by atoms with Crippen molar-refractivity contribution in [3.8, 4) is 11.5 Å². The fraction of sp³-hybridized carbons (Fsp3) is 0.500. The second kappa shape index (κ2) is 3.37. The van der Waals surface area contributed by atoms with Gasteiger partial charge in [0.05, 0.1) is 0 Å². The molecule has 1 saturated carbocycles. The van der Waals surface area contributed by atoms with Crippen molar-refractivity contribution in [2.45, 2.75) is 38.0 Å². The minimum atomic E-state index is -0.363. The van der Waals surface area contributed by atoms with Crippen LogP contribution in [-0.4, -0.2) is 5.79 Å². The lowest BCUT2D eigenvalue weighted by Gasteiger charge is -2.35. The van der Waals surface area contributed by atoms with E-state index in [9.17, 15) is 0 Å². The molecule has 86 valence electrons. The highest BCUT2D eigenvalue weighted by Gasteiger charge is 2.47. The maximum Gasteiger partial charge on any atom is 0.251 e. The molecule has 0 amide bonds. The van der Waals surface area contributed by atoms with Gasteiger partial charge in [-0.1, -0.05) is 15.9 Å². The zero-order valence-electron chi connectivity index (χ0n) is 9.13. The first-order chi connectivity index (χ1) is 7.60. The normalized spacial score (nSPS) is 21.9. The van der Waals surface area contributed by atoms with Gasteiger partial charge in [-0.25, -0.2) is 0 Å².